The smallest absolute Gasteiger partial charge is 0.289 e. The number of nitrogens with zero attached hydrogens (tertiary/aromatic N) is 1. The number of hydrogen-bond acceptors (Lipinski definition) is 3. The van der Waals surface area contributed by atoms with E-state index in [0.29, 0.717) is 10.7 Å². The van der Waals surface area contributed by atoms with E-state index in [4.69, 9.17) is 16.0 Å². The first-order valence-corrected chi connectivity index (χ1v) is 8.48. The van der Waals surface area contributed by atoms with Crippen molar-refractivity contribution in [3.05, 3.63) is 77.3 Å². The van der Waals surface area contributed by atoms with E-state index in [1.807, 2.05) is 0 Å². The Hall–Kier alpha value is -3.12. The van der Waals surface area contributed by atoms with Gasteiger partial charge in [-0.3, -0.25) is 9.59 Å². The van der Waals surface area contributed by atoms with Crippen LogP contribution in [0.25, 0.3) is 11.3 Å². The van der Waals surface area contributed by atoms with Gasteiger partial charge in [0.2, 0.25) is 5.91 Å². The molecule has 1 aromatic heterocycles. The third kappa shape index (κ3) is 4.35. The number of anilines is 1. The standard InChI is InChI=1S/C20H16ClFN2O3/c1-24(12-19(25)23-16-9-5-3-7-14(16)21)20(26)18-11-10-17(27-18)13-6-2-4-8-15(13)22/h2-11H,12H2,1H3,(H,23,25). The molecule has 0 fully saturated rings. The number of carbonyl (C=O) groups excluding carboxylic acids is 2. The number of para-hydroxylation sites is 1. The quantitative estimate of drug-likeness (QED) is 0.704. The van der Waals surface area contributed by atoms with Crippen LogP contribution in [0.3, 0.4) is 0 Å². The summed E-state index contributed by atoms with van der Waals surface area (Å²) in [7, 11) is 1.47. The van der Waals surface area contributed by atoms with E-state index < -0.39 is 17.6 Å². The number of benzene rings is 2. The fraction of sp³-hybridized carbons (Fsp3) is 0.100. The summed E-state index contributed by atoms with van der Waals surface area (Å²) in [5, 5.41) is 3.04. The fourth-order valence-corrected chi connectivity index (χ4v) is 2.67. The monoisotopic (exact) mass is 386 g/mol. The van der Waals surface area contributed by atoms with Crippen molar-refractivity contribution in [2.75, 3.05) is 18.9 Å². The summed E-state index contributed by atoms with van der Waals surface area (Å²) in [5.74, 6) is -1.09. The molecule has 0 spiro atoms. The fourth-order valence-electron chi connectivity index (χ4n) is 2.49. The molecular formula is C20H16ClFN2O3. The Labute approximate surface area is 160 Å². The van der Waals surface area contributed by atoms with Crippen molar-refractivity contribution in [2.45, 2.75) is 0 Å². The van der Waals surface area contributed by atoms with E-state index in [-0.39, 0.29) is 23.6 Å². The zero-order chi connectivity index (χ0) is 19.4. The van der Waals surface area contributed by atoms with E-state index in [1.54, 1.807) is 42.5 Å². The normalized spacial score (nSPS) is 10.5. The van der Waals surface area contributed by atoms with Crippen molar-refractivity contribution in [1.82, 2.24) is 4.90 Å². The molecule has 1 heterocycles. The highest BCUT2D eigenvalue weighted by Gasteiger charge is 2.20. The molecular weight excluding hydrogens is 371 g/mol. The van der Waals surface area contributed by atoms with Crippen molar-refractivity contribution < 1.29 is 18.4 Å². The predicted octanol–water partition coefficient (Wildman–Crippen LogP) is 4.45. The molecule has 0 saturated heterocycles. The highest BCUT2D eigenvalue weighted by Crippen LogP contribution is 2.25. The summed E-state index contributed by atoms with van der Waals surface area (Å²) < 4.78 is 19.3. The molecule has 2 amide bonds. The van der Waals surface area contributed by atoms with Crippen LogP contribution in [0.2, 0.25) is 5.02 Å². The van der Waals surface area contributed by atoms with Gasteiger partial charge in [-0.2, -0.15) is 0 Å². The van der Waals surface area contributed by atoms with Gasteiger partial charge in [-0.1, -0.05) is 35.9 Å². The molecule has 0 aliphatic rings. The van der Waals surface area contributed by atoms with Crippen LogP contribution in [0.15, 0.2) is 65.1 Å². The van der Waals surface area contributed by atoms with Crippen LogP contribution in [0.4, 0.5) is 10.1 Å². The third-order valence-electron chi connectivity index (χ3n) is 3.83. The number of amides is 2. The van der Waals surface area contributed by atoms with Gasteiger partial charge in [0.15, 0.2) is 5.76 Å². The number of nitrogens with one attached hydrogen (secondary N) is 1. The minimum atomic E-state index is -0.494. The van der Waals surface area contributed by atoms with Crippen LogP contribution in [0.1, 0.15) is 10.6 Å². The number of rotatable bonds is 5. The van der Waals surface area contributed by atoms with Crippen LogP contribution in [0.5, 0.6) is 0 Å². The maximum absolute atomic E-state index is 13.8. The zero-order valence-corrected chi connectivity index (χ0v) is 15.2. The van der Waals surface area contributed by atoms with Crippen LogP contribution in [0, 0.1) is 5.82 Å². The second kappa shape index (κ2) is 8.05. The van der Waals surface area contributed by atoms with Gasteiger partial charge in [0, 0.05) is 7.05 Å². The van der Waals surface area contributed by atoms with Crippen LogP contribution in [-0.4, -0.2) is 30.3 Å². The zero-order valence-electron chi connectivity index (χ0n) is 14.4. The van der Waals surface area contributed by atoms with Crippen molar-refractivity contribution >= 4 is 29.1 Å². The number of hydrogen-bond donors (Lipinski definition) is 1. The lowest BCUT2D eigenvalue weighted by molar-refractivity contribution is -0.116. The second-order valence-electron chi connectivity index (χ2n) is 5.83. The summed E-state index contributed by atoms with van der Waals surface area (Å²) in [4.78, 5) is 25.8. The summed E-state index contributed by atoms with van der Waals surface area (Å²) >= 11 is 6.00. The molecule has 3 rings (SSSR count). The summed E-state index contributed by atoms with van der Waals surface area (Å²) in [5.41, 5.74) is 0.723. The largest absolute Gasteiger partial charge is 0.451 e. The highest BCUT2D eigenvalue weighted by molar-refractivity contribution is 6.33. The Balaban J connectivity index is 1.66. The van der Waals surface area contributed by atoms with E-state index in [9.17, 15) is 14.0 Å². The Kier molecular flexibility index (Phi) is 5.57. The van der Waals surface area contributed by atoms with Gasteiger partial charge in [-0.25, -0.2) is 4.39 Å². The van der Waals surface area contributed by atoms with Crippen LogP contribution >= 0.6 is 11.6 Å². The number of halogens is 2. The molecule has 0 atom stereocenters. The van der Waals surface area contributed by atoms with Crippen molar-refractivity contribution in [1.29, 1.82) is 0 Å². The topological polar surface area (TPSA) is 62.6 Å². The van der Waals surface area contributed by atoms with E-state index in [0.717, 1.165) is 0 Å². The number of furan rings is 1. The molecule has 0 bridgehead atoms. The van der Waals surface area contributed by atoms with Crippen molar-refractivity contribution in [3.63, 3.8) is 0 Å². The van der Waals surface area contributed by atoms with E-state index in [2.05, 4.69) is 5.32 Å². The maximum Gasteiger partial charge on any atom is 0.289 e. The van der Waals surface area contributed by atoms with Gasteiger partial charge in [0.1, 0.15) is 11.6 Å². The molecule has 138 valence electrons. The van der Waals surface area contributed by atoms with Gasteiger partial charge >= 0.3 is 0 Å². The Morgan fingerprint density at radius 1 is 1.07 bits per heavy atom. The molecule has 3 aromatic rings. The number of likely N-dealkylation sites (N-methyl/N-ethyl adjacent to an activating group) is 1. The molecule has 27 heavy (non-hydrogen) atoms. The SMILES string of the molecule is CN(CC(=O)Nc1ccccc1Cl)C(=O)c1ccc(-c2ccccc2F)o1. The minimum Gasteiger partial charge on any atom is -0.451 e. The molecule has 2 aromatic carbocycles. The number of carbonyl (C=O) groups is 2. The maximum atomic E-state index is 13.8. The van der Waals surface area contributed by atoms with Crippen LogP contribution in [-0.2, 0) is 4.79 Å². The lowest BCUT2D eigenvalue weighted by Crippen LogP contribution is -2.34. The Morgan fingerprint density at radius 3 is 2.52 bits per heavy atom. The van der Waals surface area contributed by atoms with Gasteiger partial charge in [-0.05, 0) is 36.4 Å². The third-order valence-corrected chi connectivity index (χ3v) is 4.16. The van der Waals surface area contributed by atoms with Crippen molar-refractivity contribution in [2.24, 2.45) is 0 Å². The van der Waals surface area contributed by atoms with Crippen LogP contribution < -0.4 is 5.32 Å². The van der Waals surface area contributed by atoms with Gasteiger partial charge < -0.3 is 14.6 Å². The lowest BCUT2D eigenvalue weighted by atomic mass is 10.1. The minimum absolute atomic E-state index is 0.0151. The molecule has 0 aliphatic heterocycles. The molecule has 0 radical (unpaired) electrons. The first-order chi connectivity index (χ1) is 13.0. The molecule has 0 aliphatic carbocycles. The second-order valence-corrected chi connectivity index (χ2v) is 6.24. The summed E-state index contributed by atoms with van der Waals surface area (Å²) in [6.45, 7) is -0.195. The lowest BCUT2D eigenvalue weighted by Gasteiger charge is -2.15. The average molecular weight is 387 g/mol. The predicted molar refractivity (Wildman–Crippen MR) is 101 cm³/mol. The summed E-state index contributed by atoms with van der Waals surface area (Å²) in [6, 6.07) is 15.9. The average Bonchev–Trinajstić information content (AvgIpc) is 3.13. The Morgan fingerprint density at radius 2 is 1.78 bits per heavy atom. The van der Waals surface area contributed by atoms with Crippen molar-refractivity contribution in [3.8, 4) is 11.3 Å². The molecule has 5 nitrogen and oxygen atoms in total. The van der Waals surface area contributed by atoms with Gasteiger partial charge in [0.25, 0.3) is 5.91 Å². The van der Waals surface area contributed by atoms with Gasteiger partial charge in [-0.15, -0.1) is 0 Å². The first-order valence-electron chi connectivity index (χ1n) is 8.10. The molecule has 0 saturated carbocycles. The molecule has 7 heteroatoms. The van der Waals surface area contributed by atoms with E-state index in [1.165, 1.54) is 30.1 Å². The van der Waals surface area contributed by atoms with E-state index >= 15 is 0 Å². The highest BCUT2D eigenvalue weighted by atomic mass is 35.5. The Bertz CT molecular complexity index is 987. The summed E-state index contributed by atoms with van der Waals surface area (Å²) in [6.07, 6.45) is 0. The molecule has 1 N–H and O–H groups in total. The first kappa shape index (κ1) is 18.7. The van der Waals surface area contributed by atoms with Gasteiger partial charge in [0.05, 0.1) is 22.8 Å². The molecule has 0 unspecified atom stereocenters.